The zero-order valence-electron chi connectivity index (χ0n) is 14.7. The summed E-state index contributed by atoms with van der Waals surface area (Å²) in [5.74, 6) is 0. The molecule has 0 unspecified atom stereocenters. The Kier molecular flexibility index (Phi) is 5.61. The molecule has 0 bridgehead atoms. The number of carbonyl (C=O) groups is 1. The van der Waals surface area contributed by atoms with Crippen LogP contribution in [0.25, 0.3) is 11.0 Å². The third-order valence-electron chi connectivity index (χ3n) is 4.46. The summed E-state index contributed by atoms with van der Waals surface area (Å²) in [6.45, 7) is 0.643. The topological polar surface area (TPSA) is 72.1 Å². The van der Waals surface area contributed by atoms with Gasteiger partial charge >= 0.3 is 12.3 Å². The molecule has 0 saturated carbocycles. The maximum atomic E-state index is 12.3. The minimum atomic E-state index is -4.59. The average molecular weight is 387 g/mol. The normalized spacial score (nSPS) is 18.9. The van der Waals surface area contributed by atoms with Crippen molar-refractivity contribution in [3.05, 3.63) is 30.0 Å². The number of rotatable bonds is 7. The number of fused-ring (bicyclic) bond motifs is 1. The lowest BCUT2D eigenvalue weighted by atomic mass is 10.0. The molecule has 6 nitrogen and oxygen atoms in total. The average Bonchev–Trinajstić information content (AvgIpc) is 3.17. The van der Waals surface area contributed by atoms with Gasteiger partial charge in [0.15, 0.2) is 0 Å². The number of benzene rings is 1. The Hall–Kier alpha value is -2.26. The first-order chi connectivity index (χ1) is 12.8. The van der Waals surface area contributed by atoms with E-state index in [1.807, 2.05) is 0 Å². The van der Waals surface area contributed by atoms with E-state index in [0.29, 0.717) is 36.2 Å². The van der Waals surface area contributed by atoms with Gasteiger partial charge in [-0.05, 0) is 37.0 Å². The minimum Gasteiger partial charge on any atom is -0.462 e. The quantitative estimate of drug-likeness (QED) is 0.785. The number of alkyl halides is 3. The number of hydrogen-bond donors (Lipinski definition) is 1. The van der Waals surface area contributed by atoms with Crippen molar-refractivity contribution in [1.29, 1.82) is 0 Å². The van der Waals surface area contributed by atoms with Crippen LogP contribution in [0.2, 0.25) is 0 Å². The zero-order valence-corrected chi connectivity index (χ0v) is 14.7. The van der Waals surface area contributed by atoms with Crippen LogP contribution < -0.4 is 4.90 Å². The molecule has 1 amide bonds. The number of anilines is 1. The van der Waals surface area contributed by atoms with Crippen LogP contribution in [0, 0.1) is 0 Å². The molecule has 1 aromatic heterocycles. The second-order valence-corrected chi connectivity index (χ2v) is 6.47. The molecule has 1 aliphatic rings. The molecule has 0 radical (unpaired) electrons. The molecule has 0 spiro atoms. The Labute approximate surface area is 153 Å². The Morgan fingerprint density at radius 3 is 2.89 bits per heavy atom. The second-order valence-electron chi connectivity index (χ2n) is 6.47. The maximum absolute atomic E-state index is 12.3. The number of halogens is 3. The summed E-state index contributed by atoms with van der Waals surface area (Å²) in [6, 6.07) is 5.27. The fourth-order valence-corrected chi connectivity index (χ4v) is 3.08. The van der Waals surface area contributed by atoms with E-state index in [9.17, 15) is 18.0 Å². The number of ether oxygens (including phenoxy) is 2. The predicted molar refractivity (Wildman–Crippen MR) is 90.7 cm³/mol. The SMILES string of the molecule is COC[C@H]1CN(c2coc3cc(CCC[C@@H](O)C(F)(F)F)ccc23)C(=O)O1. The molecule has 148 valence electrons. The van der Waals surface area contributed by atoms with Gasteiger partial charge in [-0.3, -0.25) is 4.90 Å². The van der Waals surface area contributed by atoms with Crippen molar-refractivity contribution in [3.8, 4) is 0 Å². The standard InChI is InChI=1S/C18H20F3NO5/c1-25-9-12-8-22(17(24)27-12)14-10-26-15-7-11(5-6-13(14)15)3-2-4-16(23)18(19,20)21/h5-7,10,12,16,23H,2-4,8-9H2,1H3/t12-,16-/m1/s1. The van der Waals surface area contributed by atoms with Gasteiger partial charge in [-0.1, -0.05) is 6.07 Å². The maximum Gasteiger partial charge on any atom is 0.414 e. The summed E-state index contributed by atoms with van der Waals surface area (Å²) >= 11 is 0. The Bertz CT molecular complexity index is 804. The predicted octanol–water partition coefficient (Wildman–Crippen LogP) is 3.65. The number of carbonyl (C=O) groups excluding carboxylic acids is 1. The van der Waals surface area contributed by atoms with Crippen LogP contribution in [0.3, 0.4) is 0 Å². The van der Waals surface area contributed by atoms with Crippen molar-refractivity contribution in [3.63, 3.8) is 0 Å². The summed E-state index contributed by atoms with van der Waals surface area (Å²) in [4.78, 5) is 13.5. The lowest BCUT2D eigenvalue weighted by Crippen LogP contribution is -2.28. The summed E-state index contributed by atoms with van der Waals surface area (Å²) in [6.07, 6.45) is -6.07. The summed E-state index contributed by atoms with van der Waals surface area (Å²) < 4.78 is 52.7. The van der Waals surface area contributed by atoms with E-state index in [1.54, 1.807) is 18.2 Å². The molecule has 2 aromatic rings. The molecule has 0 aliphatic carbocycles. The summed E-state index contributed by atoms with van der Waals surface area (Å²) in [5, 5.41) is 9.75. The lowest BCUT2D eigenvalue weighted by molar-refractivity contribution is -0.205. The van der Waals surface area contributed by atoms with Gasteiger partial charge in [-0.15, -0.1) is 0 Å². The number of aliphatic hydroxyl groups excluding tert-OH is 1. The second kappa shape index (κ2) is 7.77. The summed E-state index contributed by atoms with van der Waals surface area (Å²) in [5.41, 5.74) is 1.90. The summed E-state index contributed by atoms with van der Waals surface area (Å²) in [7, 11) is 1.53. The van der Waals surface area contributed by atoms with Gasteiger partial charge in [0.1, 0.15) is 24.1 Å². The molecule has 3 rings (SSSR count). The van der Waals surface area contributed by atoms with Crippen molar-refractivity contribution in [2.24, 2.45) is 0 Å². The smallest absolute Gasteiger partial charge is 0.414 e. The van der Waals surface area contributed by atoms with Gasteiger partial charge in [-0.25, -0.2) is 4.79 Å². The number of methoxy groups -OCH3 is 1. The van der Waals surface area contributed by atoms with Gasteiger partial charge in [0.2, 0.25) is 0 Å². The fraction of sp³-hybridized carbons (Fsp3) is 0.500. The van der Waals surface area contributed by atoms with Crippen LogP contribution >= 0.6 is 0 Å². The zero-order chi connectivity index (χ0) is 19.6. The van der Waals surface area contributed by atoms with Crippen molar-refractivity contribution in [2.45, 2.75) is 37.6 Å². The van der Waals surface area contributed by atoms with E-state index in [1.165, 1.54) is 18.3 Å². The van der Waals surface area contributed by atoms with E-state index in [-0.39, 0.29) is 18.9 Å². The van der Waals surface area contributed by atoms with Crippen LogP contribution in [0.1, 0.15) is 18.4 Å². The van der Waals surface area contributed by atoms with Gasteiger partial charge in [0.05, 0.1) is 18.8 Å². The molecule has 1 saturated heterocycles. The molecule has 2 heterocycles. The van der Waals surface area contributed by atoms with Gasteiger partial charge in [0, 0.05) is 12.5 Å². The van der Waals surface area contributed by atoms with E-state index in [0.717, 1.165) is 5.56 Å². The molecule has 9 heteroatoms. The van der Waals surface area contributed by atoms with Crippen molar-refractivity contribution in [2.75, 3.05) is 25.2 Å². The molecule has 1 fully saturated rings. The molecule has 1 aromatic carbocycles. The van der Waals surface area contributed by atoms with Crippen molar-refractivity contribution >= 4 is 22.7 Å². The third kappa shape index (κ3) is 4.36. The number of nitrogens with zero attached hydrogens (tertiary/aromatic N) is 1. The highest BCUT2D eigenvalue weighted by atomic mass is 19.4. The molecular formula is C18H20F3NO5. The first-order valence-corrected chi connectivity index (χ1v) is 8.51. The number of aliphatic hydroxyl groups is 1. The Balaban J connectivity index is 1.67. The first kappa shape index (κ1) is 19.5. The highest BCUT2D eigenvalue weighted by Gasteiger charge is 2.37. The van der Waals surface area contributed by atoms with E-state index >= 15 is 0 Å². The molecule has 2 atom stereocenters. The van der Waals surface area contributed by atoms with E-state index in [4.69, 9.17) is 19.0 Å². The largest absolute Gasteiger partial charge is 0.462 e. The number of furan rings is 1. The third-order valence-corrected chi connectivity index (χ3v) is 4.46. The number of amides is 1. The van der Waals surface area contributed by atoms with Crippen LogP contribution in [-0.4, -0.2) is 49.8 Å². The van der Waals surface area contributed by atoms with Crippen LogP contribution in [0.15, 0.2) is 28.9 Å². The molecule has 1 N–H and O–H groups in total. The molecule has 27 heavy (non-hydrogen) atoms. The monoisotopic (exact) mass is 387 g/mol. The number of hydrogen-bond acceptors (Lipinski definition) is 5. The Morgan fingerprint density at radius 2 is 2.19 bits per heavy atom. The Morgan fingerprint density at radius 1 is 1.41 bits per heavy atom. The number of aryl methyl sites for hydroxylation is 1. The molecular weight excluding hydrogens is 367 g/mol. The van der Waals surface area contributed by atoms with Crippen LogP contribution in [0.5, 0.6) is 0 Å². The van der Waals surface area contributed by atoms with E-state index < -0.39 is 18.4 Å². The highest BCUT2D eigenvalue weighted by molar-refractivity contribution is 6.01. The van der Waals surface area contributed by atoms with Gasteiger partial charge in [-0.2, -0.15) is 13.2 Å². The lowest BCUT2D eigenvalue weighted by Gasteiger charge is -2.14. The van der Waals surface area contributed by atoms with E-state index in [2.05, 4.69) is 0 Å². The minimum absolute atomic E-state index is 0.191. The molecule has 1 aliphatic heterocycles. The van der Waals surface area contributed by atoms with Gasteiger partial charge in [0.25, 0.3) is 0 Å². The van der Waals surface area contributed by atoms with Crippen molar-refractivity contribution in [1.82, 2.24) is 0 Å². The first-order valence-electron chi connectivity index (χ1n) is 8.51. The highest BCUT2D eigenvalue weighted by Crippen LogP contribution is 2.33. The van der Waals surface area contributed by atoms with Crippen LogP contribution in [-0.2, 0) is 15.9 Å². The fourth-order valence-electron chi connectivity index (χ4n) is 3.08. The number of cyclic esters (lactones) is 1. The van der Waals surface area contributed by atoms with Crippen LogP contribution in [0.4, 0.5) is 23.7 Å². The van der Waals surface area contributed by atoms with Crippen molar-refractivity contribution < 1.29 is 37.0 Å². The van der Waals surface area contributed by atoms with Gasteiger partial charge < -0.3 is 19.0 Å².